The highest BCUT2D eigenvalue weighted by molar-refractivity contribution is 7.98. The summed E-state index contributed by atoms with van der Waals surface area (Å²) in [5, 5.41) is 11.2. The van der Waals surface area contributed by atoms with Crippen molar-refractivity contribution in [3.63, 3.8) is 0 Å². The number of carbonyl (C=O) groups excluding carboxylic acids is 1. The largest absolute Gasteiger partial charge is 0.305 e. The van der Waals surface area contributed by atoms with Gasteiger partial charge in [-0.15, -0.1) is 22.0 Å². The predicted octanol–water partition coefficient (Wildman–Crippen LogP) is 1.70. The van der Waals surface area contributed by atoms with E-state index in [1.54, 1.807) is 12.1 Å². The van der Waals surface area contributed by atoms with Gasteiger partial charge in [0.25, 0.3) is 5.91 Å². The van der Waals surface area contributed by atoms with Crippen molar-refractivity contribution in [3.8, 4) is 0 Å². The van der Waals surface area contributed by atoms with Crippen molar-refractivity contribution >= 4 is 33.5 Å². The summed E-state index contributed by atoms with van der Waals surface area (Å²) in [6.45, 7) is 0. The Morgan fingerprint density at radius 2 is 1.74 bits per heavy atom. The van der Waals surface area contributed by atoms with Gasteiger partial charge in [-0.1, -0.05) is 0 Å². The molecule has 122 valence electrons. The van der Waals surface area contributed by atoms with E-state index in [0.717, 1.165) is 9.33 Å². The third-order valence-electron chi connectivity index (χ3n) is 2.99. The van der Waals surface area contributed by atoms with Gasteiger partial charge in [-0.2, -0.15) is 0 Å². The molecule has 0 spiro atoms. The molecule has 2 aromatic rings. The van der Waals surface area contributed by atoms with E-state index in [1.165, 1.54) is 50.1 Å². The van der Waals surface area contributed by atoms with Crippen molar-refractivity contribution in [3.05, 3.63) is 42.0 Å². The van der Waals surface area contributed by atoms with E-state index in [9.17, 15) is 13.2 Å². The van der Waals surface area contributed by atoms with Crippen LogP contribution in [0.15, 0.2) is 46.3 Å². The van der Waals surface area contributed by atoms with E-state index in [1.807, 2.05) is 6.26 Å². The fourth-order valence-corrected chi connectivity index (χ4v) is 2.90. The third kappa shape index (κ3) is 4.06. The first kappa shape index (κ1) is 17.4. The van der Waals surface area contributed by atoms with Crippen molar-refractivity contribution in [1.82, 2.24) is 14.5 Å². The third-order valence-corrected chi connectivity index (χ3v) is 5.45. The number of rotatable bonds is 5. The molecule has 0 aliphatic carbocycles. The van der Waals surface area contributed by atoms with Crippen LogP contribution in [-0.2, 0) is 10.0 Å². The summed E-state index contributed by atoms with van der Waals surface area (Å²) in [6.07, 6.45) is 1.88. The Labute approximate surface area is 139 Å². The topological polar surface area (TPSA) is 92.3 Å². The number of aromatic nitrogens is 2. The monoisotopic (exact) mass is 352 g/mol. The number of nitrogens with zero attached hydrogens (tertiary/aromatic N) is 3. The van der Waals surface area contributed by atoms with Crippen molar-refractivity contribution in [2.24, 2.45) is 0 Å². The maximum absolute atomic E-state index is 12.1. The summed E-state index contributed by atoms with van der Waals surface area (Å²) < 4.78 is 25.1. The molecule has 1 aromatic heterocycles. The van der Waals surface area contributed by atoms with Crippen LogP contribution in [0.1, 0.15) is 10.4 Å². The summed E-state index contributed by atoms with van der Waals surface area (Å²) in [6, 6.07) is 9.10. The lowest BCUT2D eigenvalue weighted by Gasteiger charge is -2.11. The smallest absolute Gasteiger partial charge is 0.256 e. The zero-order chi connectivity index (χ0) is 17.0. The molecule has 1 N–H and O–H groups in total. The van der Waals surface area contributed by atoms with Gasteiger partial charge in [0.2, 0.25) is 10.0 Å². The molecular weight excluding hydrogens is 336 g/mol. The van der Waals surface area contributed by atoms with E-state index >= 15 is 0 Å². The molecule has 1 heterocycles. The number of sulfonamides is 1. The van der Waals surface area contributed by atoms with Gasteiger partial charge < -0.3 is 5.32 Å². The quantitative estimate of drug-likeness (QED) is 0.824. The average Bonchev–Trinajstić information content (AvgIpc) is 2.55. The molecule has 0 aliphatic rings. The van der Waals surface area contributed by atoms with Gasteiger partial charge in [0.15, 0.2) is 5.82 Å². The number of carbonyl (C=O) groups is 1. The molecule has 0 radical (unpaired) electrons. The first-order chi connectivity index (χ1) is 10.8. The highest BCUT2D eigenvalue weighted by Crippen LogP contribution is 2.15. The fraction of sp³-hybridized carbons (Fsp3) is 0.214. The Hall–Kier alpha value is -1.97. The number of hydrogen-bond donors (Lipinski definition) is 1. The summed E-state index contributed by atoms with van der Waals surface area (Å²) in [7, 11) is -0.606. The van der Waals surface area contributed by atoms with Crippen molar-refractivity contribution in [1.29, 1.82) is 0 Å². The molecule has 0 unspecified atom stereocenters. The van der Waals surface area contributed by atoms with Gasteiger partial charge in [-0.3, -0.25) is 4.79 Å². The number of benzene rings is 1. The molecular formula is C14H16N4O3S2. The number of amides is 1. The second kappa shape index (κ2) is 7.07. The standard InChI is InChI=1S/C14H16N4O3S2/c1-18(2)23(20,21)11-6-4-10(5-7-11)14(19)15-12-8-9-13(22-3)17-16-12/h4-9H,1-3H3,(H,15,16,19). The van der Waals surface area contributed by atoms with E-state index in [0.29, 0.717) is 11.4 Å². The van der Waals surface area contributed by atoms with Crippen LogP contribution >= 0.6 is 11.8 Å². The average molecular weight is 352 g/mol. The first-order valence-electron chi connectivity index (χ1n) is 6.56. The molecule has 2 rings (SSSR count). The lowest BCUT2D eigenvalue weighted by molar-refractivity contribution is 0.102. The number of nitrogens with one attached hydrogen (secondary N) is 1. The zero-order valence-electron chi connectivity index (χ0n) is 12.8. The van der Waals surface area contributed by atoms with Crippen LogP contribution in [0.2, 0.25) is 0 Å². The number of hydrogen-bond acceptors (Lipinski definition) is 6. The molecule has 0 atom stereocenters. The number of thioether (sulfide) groups is 1. The van der Waals surface area contributed by atoms with Crippen molar-refractivity contribution in [2.45, 2.75) is 9.92 Å². The van der Waals surface area contributed by atoms with Gasteiger partial charge in [0.05, 0.1) is 4.90 Å². The SMILES string of the molecule is CSc1ccc(NC(=O)c2ccc(S(=O)(=O)N(C)C)cc2)nn1. The normalized spacial score (nSPS) is 11.5. The second-order valence-corrected chi connectivity index (χ2v) is 7.71. The van der Waals surface area contributed by atoms with Crippen LogP contribution in [0.3, 0.4) is 0 Å². The Balaban J connectivity index is 2.14. The van der Waals surface area contributed by atoms with E-state index < -0.39 is 10.0 Å². The van der Waals surface area contributed by atoms with Gasteiger partial charge >= 0.3 is 0 Å². The molecule has 0 saturated carbocycles. The van der Waals surface area contributed by atoms with Crippen molar-refractivity contribution < 1.29 is 13.2 Å². The molecule has 9 heteroatoms. The fourth-order valence-electron chi connectivity index (χ4n) is 1.67. The minimum absolute atomic E-state index is 0.128. The number of anilines is 1. The molecule has 0 bridgehead atoms. The molecule has 1 amide bonds. The first-order valence-corrected chi connectivity index (χ1v) is 9.23. The van der Waals surface area contributed by atoms with Crippen LogP contribution in [-0.4, -0.2) is 49.2 Å². The van der Waals surface area contributed by atoms with E-state index in [4.69, 9.17) is 0 Å². The molecule has 0 aliphatic heterocycles. The minimum atomic E-state index is -3.51. The summed E-state index contributed by atoms with van der Waals surface area (Å²) >= 11 is 1.45. The van der Waals surface area contributed by atoms with Gasteiger partial charge in [0, 0.05) is 19.7 Å². The summed E-state index contributed by atoms with van der Waals surface area (Å²) in [5.74, 6) is -0.0530. The maximum Gasteiger partial charge on any atom is 0.256 e. The van der Waals surface area contributed by atoms with Crippen LogP contribution in [0.25, 0.3) is 0 Å². The summed E-state index contributed by atoms with van der Waals surface area (Å²) in [4.78, 5) is 12.2. The lowest BCUT2D eigenvalue weighted by Crippen LogP contribution is -2.22. The molecule has 0 fully saturated rings. The van der Waals surface area contributed by atoms with Crippen LogP contribution < -0.4 is 5.32 Å². The Morgan fingerprint density at radius 1 is 1.09 bits per heavy atom. The van der Waals surface area contributed by atoms with E-state index in [2.05, 4.69) is 15.5 Å². The minimum Gasteiger partial charge on any atom is -0.305 e. The maximum atomic E-state index is 12.1. The van der Waals surface area contributed by atoms with Gasteiger partial charge in [-0.05, 0) is 42.7 Å². The van der Waals surface area contributed by atoms with Crippen LogP contribution in [0.5, 0.6) is 0 Å². The molecule has 1 aromatic carbocycles. The van der Waals surface area contributed by atoms with Gasteiger partial charge in [0.1, 0.15) is 5.03 Å². The van der Waals surface area contributed by atoms with Crippen LogP contribution in [0.4, 0.5) is 5.82 Å². The Kier molecular flexibility index (Phi) is 5.34. The molecule has 23 heavy (non-hydrogen) atoms. The second-order valence-electron chi connectivity index (χ2n) is 4.73. The van der Waals surface area contributed by atoms with Gasteiger partial charge in [-0.25, -0.2) is 12.7 Å². The molecule has 0 saturated heterocycles. The highest BCUT2D eigenvalue weighted by Gasteiger charge is 2.17. The highest BCUT2D eigenvalue weighted by atomic mass is 32.2. The van der Waals surface area contributed by atoms with Crippen LogP contribution in [0, 0.1) is 0 Å². The Morgan fingerprint density at radius 3 is 2.22 bits per heavy atom. The lowest BCUT2D eigenvalue weighted by atomic mass is 10.2. The van der Waals surface area contributed by atoms with Crippen molar-refractivity contribution in [2.75, 3.05) is 25.7 Å². The molecule has 7 nitrogen and oxygen atoms in total. The zero-order valence-corrected chi connectivity index (χ0v) is 14.5. The Bertz CT molecular complexity index is 788. The van der Waals surface area contributed by atoms with E-state index in [-0.39, 0.29) is 10.8 Å². The predicted molar refractivity (Wildman–Crippen MR) is 89.1 cm³/mol. The summed E-state index contributed by atoms with van der Waals surface area (Å²) in [5.41, 5.74) is 0.332.